The lowest BCUT2D eigenvalue weighted by atomic mass is 10.0. The zero-order chi connectivity index (χ0) is 20.2. The van der Waals surface area contributed by atoms with Crippen LogP contribution in [0.3, 0.4) is 0 Å². The summed E-state index contributed by atoms with van der Waals surface area (Å²) < 4.78 is 5.29. The van der Waals surface area contributed by atoms with Gasteiger partial charge in [0.1, 0.15) is 11.4 Å². The van der Waals surface area contributed by atoms with E-state index in [1.165, 1.54) is 6.20 Å². The molecular formula is C22H23N5O2. The predicted molar refractivity (Wildman–Crippen MR) is 111 cm³/mol. The van der Waals surface area contributed by atoms with E-state index >= 15 is 0 Å². The number of benzene rings is 1. The third-order valence-electron chi connectivity index (χ3n) is 5.01. The third kappa shape index (κ3) is 4.34. The molecule has 1 atom stereocenters. The molecule has 1 saturated heterocycles. The van der Waals surface area contributed by atoms with Gasteiger partial charge in [0.05, 0.1) is 13.3 Å². The van der Waals surface area contributed by atoms with Crippen molar-refractivity contribution in [1.29, 1.82) is 0 Å². The Morgan fingerprint density at radius 2 is 2.10 bits per heavy atom. The minimum Gasteiger partial charge on any atom is -0.497 e. The van der Waals surface area contributed by atoms with Crippen LogP contribution < -0.4 is 10.1 Å². The van der Waals surface area contributed by atoms with Crippen molar-refractivity contribution < 1.29 is 9.53 Å². The van der Waals surface area contributed by atoms with Gasteiger partial charge in [0.2, 0.25) is 0 Å². The molecule has 0 spiro atoms. The van der Waals surface area contributed by atoms with Gasteiger partial charge in [-0.25, -0.2) is 4.98 Å². The van der Waals surface area contributed by atoms with E-state index in [1.807, 2.05) is 42.2 Å². The molecule has 3 aromatic rings. The molecule has 1 amide bonds. The van der Waals surface area contributed by atoms with Crippen molar-refractivity contribution in [3.63, 3.8) is 0 Å². The van der Waals surface area contributed by atoms with Crippen LogP contribution in [-0.4, -0.2) is 46.0 Å². The second-order valence-electron chi connectivity index (χ2n) is 7.11. The molecular weight excluding hydrogens is 366 g/mol. The highest BCUT2D eigenvalue weighted by atomic mass is 16.5. The summed E-state index contributed by atoms with van der Waals surface area (Å²) in [7, 11) is 1.65. The summed E-state index contributed by atoms with van der Waals surface area (Å²) in [4.78, 5) is 27.3. The second-order valence-corrected chi connectivity index (χ2v) is 7.11. The number of pyridine rings is 1. The number of nitrogens with one attached hydrogen (secondary N) is 1. The Bertz CT molecular complexity index is 1010. The van der Waals surface area contributed by atoms with E-state index in [4.69, 9.17) is 9.72 Å². The number of hydrogen-bond acceptors (Lipinski definition) is 6. The molecule has 4 rings (SSSR count). The van der Waals surface area contributed by atoms with E-state index in [0.29, 0.717) is 18.8 Å². The molecule has 7 nitrogen and oxygen atoms in total. The fourth-order valence-electron chi connectivity index (χ4n) is 3.60. The maximum absolute atomic E-state index is 12.6. The van der Waals surface area contributed by atoms with Gasteiger partial charge in [0, 0.05) is 60.2 Å². The van der Waals surface area contributed by atoms with Gasteiger partial charge in [-0.1, -0.05) is 6.07 Å². The Labute approximate surface area is 169 Å². The summed E-state index contributed by atoms with van der Waals surface area (Å²) in [6.45, 7) is 3.30. The summed E-state index contributed by atoms with van der Waals surface area (Å²) in [5.41, 5.74) is 4.23. The van der Waals surface area contributed by atoms with Crippen LogP contribution in [0.15, 0.2) is 55.0 Å². The summed E-state index contributed by atoms with van der Waals surface area (Å²) >= 11 is 0. The van der Waals surface area contributed by atoms with Crippen LogP contribution in [0.1, 0.15) is 34.2 Å². The number of carbonyl (C=O) groups excluding carboxylic acids is 1. The van der Waals surface area contributed by atoms with Crippen molar-refractivity contribution in [2.45, 2.75) is 19.3 Å². The number of carbonyl (C=O) groups is 1. The fourth-order valence-corrected chi connectivity index (χ4v) is 3.60. The van der Waals surface area contributed by atoms with Gasteiger partial charge in [-0.2, -0.15) is 0 Å². The Hall–Kier alpha value is -3.48. The molecule has 1 aliphatic heterocycles. The number of hydrogen-bond donors (Lipinski definition) is 1. The van der Waals surface area contributed by atoms with E-state index < -0.39 is 0 Å². The van der Waals surface area contributed by atoms with Gasteiger partial charge in [0.25, 0.3) is 5.91 Å². The summed E-state index contributed by atoms with van der Waals surface area (Å²) in [6.07, 6.45) is 5.49. The first kappa shape index (κ1) is 18.9. The SMILES string of the molecule is COc1cccc(Nc2cc(C)nc(C3CCN(C(=O)c4cnccn4)C3)c2)c1. The van der Waals surface area contributed by atoms with Gasteiger partial charge >= 0.3 is 0 Å². The summed E-state index contributed by atoms with van der Waals surface area (Å²) in [6, 6.07) is 11.9. The minimum atomic E-state index is -0.0806. The van der Waals surface area contributed by atoms with Crippen LogP contribution in [0, 0.1) is 6.92 Å². The molecule has 3 heterocycles. The first-order valence-electron chi connectivity index (χ1n) is 9.57. The topological polar surface area (TPSA) is 80.2 Å². The Morgan fingerprint density at radius 1 is 1.21 bits per heavy atom. The lowest BCUT2D eigenvalue weighted by Gasteiger charge is -2.17. The Morgan fingerprint density at radius 3 is 2.90 bits per heavy atom. The van der Waals surface area contributed by atoms with Crippen molar-refractivity contribution in [3.05, 3.63) is 72.1 Å². The highest BCUT2D eigenvalue weighted by Crippen LogP contribution is 2.30. The number of rotatable bonds is 5. The molecule has 1 aromatic carbocycles. The van der Waals surface area contributed by atoms with E-state index in [-0.39, 0.29) is 11.8 Å². The summed E-state index contributed by atoms with van der Waals surface area (Å²) in [5, 5.41) is 3.42. The molecule has 1 aliphatic rings. The molecule has 29 heavy (non-hydrogen) atoms. The number of likely N-dealkylation sites (tertiary alicyclic amines) is 1. The predicted octanol–water partition coefficient (Wildman–Crippen LogP) is 3.56. The molecule has 0 bridgehead atoms. The Kier molecular flexibility index (Phi) is 5.37. The summed E-state index contributed by atoms with van der Waals surface area (Å²) in [5.74, 6) is 0.916. The number of methoxy groups -OCH3 is 1. The maximum Gasteiger partial charge on any atom is 0.274 e. The maximum atomic E-state index is 12.6. The molecule has 1 N–H and O–H groups in total. The highest BCUT2D eigenvalue weighted by molar-refractivity contribution is 5.92. The molecule has 2 aromatic heterocycles. The van der Waals surface area contributed by atoms with Crippen molar-refractivity contribution in [1.82, 2.24) is 19.9 Å². The zero-order valence-corrected chi connectivity index (χ0v) is 16.5. The van der Waals surface area contributed by atoms with E-state index in [1.54, 1.807) is 19.5 Å². The average Bonchev–Trinajstić information content (AvgIpc) is 3.24. The van der Waals surface area contributed by atoms with Crippen molar-refractivity contribution in [2.24, 2.45) is 0 Å². The molecule has 1 fully saturated rings. The minimum absolute atomic E-state index is 0.0806. The van der Waals surface area contributed by atoms with Crippen LogP contribution in [0.2, 0.25) is 0 Å². The van der Waals surface area contributed by atoms with Gasteiger partial charge in [-0.05, 0) is 37.6 Å². The van der Waals surface area contributed by atoms with Crippen molar-refractivity contribution >= 4 is 17.3 Å². The highest BCUT2D eigenvalue weighted by Gasteiger charge is 2.29. The van der Waals surface area contributed by atoms with Crippen LogP contribution in [0.4, 0.5) is 11.4 Å². The van der Waals surface area contributed by atoms with Gasteiger partial charge in [-0.3, -0.25) is 14.8 Å². The standard InChI is InChI=1S/C22H23N5O2/c1-15-10-18(26-17-4-3-5-19(11-17)29-2)12-20(25-15)16-6-9-27(14-16)22(28)21-13-23-7-8-24-21/h3-5,7-8,10-13,16H,6,9,14H2,1-2H3,(H,25,26). The van der Waals surface area contributed by atoms with Crippen LogP contribution >= 0.6 is 0 Å². The Balaban J connectivity index is 1.50. The molecule has 7 heteroatoms. The quantitative estimate of drug-likeness (QED) is 0.719. The largest absolute Gasteiger partial charge is 0.497 e. The number of aromatic nitrogens is 3. The average molecular weight is 389 g/mol. The molecule has 0 saturated carbocycles. The van der Waals surface area contributed by atoms with E-state index in [0.717, 1.165) is 34.9 Å². The first-order valence-corrected chi connectivity index (χ1v) is 9.57. The smallest absolute Gasteiger partial charge is 0.274 e. The van der Waals surface area contributed by atoms with E-state index in [9.17, 15) is 4.79 Å². The van der Waals surface area contributed by atoms with Gasteiger partial charge < -0.3 is 15.0 Å². The number of amides is 1. The van der Waals surface area contributed by atoms with Crippen molar-refractivity contribution in [2.75, 3.05) is 25.5 Å². The van der Waals surface area contributed by atoms with Crippen LogP contribution in [-0.2, 0) is 0 Å². The molecule has 148 valence electrons. The van der Waals surface area contributed by atoms with Gasteiger partial charge in [0.15, 0.2) is 0 Å². The fraction of sp³-hybridized carbons (Fsp3) is 0.273. The third-order valence-corrected chi connectivity index (χ3v) is 5.01. The monoisotopic (exact) mass is 389 g/mol. The normalized spacial score (nSPS) is 15.9. The number of ether oxygens (including phenoxy) is 1. The van der Waals surface area contributed by atoms with Gasteiger partial charge in [-0.15, -0.1) is 0 Å². The first-order chi connectivity index (χ1) is 14.1. The lowest BCUT2D eigenvalue weighted by Crippen LogP contribution is -2.29. The molecule has 1 unspecified atom stereocenters. The second kappa shape index (κ2) is 8.26. The van der Waals surface area contributed by atoms with Crippen LogP contribution in [0.25, 0.3) is 0 Å². The van der Waals surface area contributed by atoms with E-state index in [2.05, 4.69) is 21.4 Å². The molecule has 0 radical (unpaired) electrons. The lowest BCUT2D eigenvalue weighted by molar-refractivity contribution is 0.0784. The number of anilines is 2. The zero-order valence-electron chi connectivity index (χ0n) is 16.5. The number of nitrogens with zero attached hydrogens (tertiary/aromatic N) is 4. The van der Waals surface area contributed by atoms with Crippen molar-refractivity contribution in [3.8, 4) is 5.75 Å². The van der Waals surface area contributed by atoms with Crippen LogP contribution in [0.5, 0.6) is 5.75 Å². The number of aryl methyl sites for hydroxylation is 1. The molecule has 0 aliphatic carbocycles.